The fourth-order valence-corrected chi connectivity index (χ4v) is 4.00. The predicted molar refractivity (Wildman–Crippen MR) is 124 cm³/mol. The molecule has 1 fully saturated rings. The van der Waals surface area contributed by atoms with Crippen LogP contribution in [0.1, 0.15) is 51.6 Å². The first kappa shape index (κ1) is 27.3. The zero-order valence-electron chi connectivity index (χ0n) is 19.8. The van der Waals surface area contributed by atoms with Gasteiger partial charge in [0.1, 0.15) is 18.1 Å². The first-order valence-electron chi connectivity index (χ1n) is 11.7. The lowest BCUT2D eigenvalue weighted by molar-refractivity contribution is -0.149. The molecule has 2 heterocycles. The molecule has 1 aliphatic rings. The molecule has 4 atom stereocenters. The smallest absolute Gasteiger partial charge is 0.326 e. The molecular weight excluding hydrogens is 442 g/mol. The van der Waals surface area contributed by atoms with E-state index in [9.17, 15) is 24.3 Å². The molecule has 12 nitrogen and oxygen atoms in total. The number of nitrogens with zero attached hydrogens (tertiary/aromatic N) is 2. The van der Waals surface area contributed by atoms with Crippen molar-refractivity contribution >= 4 is 23.7 Å². The summed E-state index contributed by atoms with van der Waals surface area (Å²) in [5.74, 6) is -2.83. The number of hydrogen-bond acceptors (Lipinski definition) is 7. The molecule has 0 bridgehead atoms. The molecule has 8 N–H and O–H groups in total. The number of unbranched alkanes of at least 4 members (excludes halogenated alkanes) is 1. The zero-order valence-corrected chi connectivity index (χ0v) is 19.8. The van der Waals surface area contributed by atoms with Crippen molar-refractivity contribution in [1.82, 2.24) is 25.5 Å². The van der Waals surface area contributed by atoms with E-state index in [4.69, 9.17) is 11.5 Å². The molecule has 1 saturated heterocycles. The number of aliphatic carboxylic acids is 1. The highest BCUT2D eigenvalue weighted by Gasteiger charge is 2.39. The van der Waals surface area contributed by atoms with Crippen molar-refractivity contribution in [1.29, 1.82) is 0 Å². The van der Waals surface area contributed by atoms with E-state index in [-0.39, 0.29) is 12.3 Å². The summed E-state index contributed by atoms with van der Waals surface area (Å²) >= 11 is 0. The molecule has 4 unspecified atom stereocenters. The van der Waals surface area contributed by atoms with Crippen LogP contribution in [0, 0.1) is 5.92 Å². The van der Waals surface area contributed by atoms with Crippen molar-refractivity contribution in [2.45, 2.75) is 76.5 Å². The number of carboxylic acids is 1. The van der Waals surface area contributed by atoms with Crippen molar-refractivity contribution in [2.24, 2.45) is 17.4 Å². The quantitative estimate of drug-likeness (QED) is 0.196. The van der Waals surface area contributed by atoms with Crippen LogP contribution in [0.25, 0.3) is 0 Å². The summed E-state index contributed by atoms with van der Waals surface area (Å²) in [4.78, 5) is 58.8. The van der Waals surface area contributed by atoms with Crippen molar-refractivity contribution < 1.29 is 24.3 Å². The van der Waals surface area contributed by atoms with Crippen LogP contribution >= 0.6 is 0 Å². The second kappa shape index (κ2) is 13.0. The molecule has 1 aromatic rings. The van der Waals surface area contributed by atoms with Crippen LogP contribution in [0.15, 0.2) is 12.5 Å². The maximum atomic E-state index is 13.3. The van der Waals surface area contributed by atoms with Crippen LogP contribution in [0.2, 0.25) is 0 Å². The van der Waals surface area contributed by atoms with Crippen LogP contribution in [-0.2, 0) is 25.6 Å². The molecule has 2 rings (SSSR count). The van der Waals surface area contributed by atoms with Gasteiger partial charge >= 0.3 is 5.97 Å². The second-order valence-electron chi connectivity index (χ2n) is 8.99. The third kappa shape index (κ3) is 7.52. The van der Waals surface area contributed by atoms with Crippen molar-refractivity contribution in [3.05, 3.63) is 18.2 Å². The predicted octanol–water partition coefficient (Wildman–Crippen LogP) is -0.890. The molecule has 0 saturated carbocycles. The van der Waals surface area contributed by atoms with Gasteiger partial charge in [-0.25, -0.2) is 9.78 Å². The van der Waals surface area contributed by atoms with Crippen molar-refractivity contribution in [3.8, 4) is 0 Å². The number of H-pyrrole nitrogens is 1. The lowest BCUT2D eigenvalue weighted by Gasteiger charge is -2.29. The van der Waals surface area contributed by atoms with Crippen LogP contribution in [0.4, 0.5) is 0 Å². The molecule has 0 spiro atoms. The summed E-state index contributed by atoms with van der Waals surface area (Å²) in [6.45, 7) is 4.36. The maximum absolute atomic E-state index is 13.3. The summed E-state index contributed by atoms with van der Waals surface area (Å²) in [6, 6.07) is -3.65. The Morgan fingerprint density at radius 3 is 2.56 bits per heavy atom. The molecular formula is C22H37N7O5. The van der Waals surface area contributed by atoms with Gasteiger partial charge in [-0.3, -0.25) is 14.4 Å². The molecule has 1 aromatic heterocycles. The van der Waals surface area contributed by atoms with Crippen molar-refractivity contribution in [3.63, 3.8) is 0 Å². The van der Waals surface area contributed by atoms with Crippen molar-refractivity contribution in [2.75, 3.05) is 13.1 Å². The Morgan fingerprint density at radius 1 is 1.24 bits per heavy atom. The standard InChI is InChI=1S/C22H37N7O5/c1-13(2)18(28-19(30)15(24)6-3-4-8-23)20(31)27-16(10-14-11-25-12-26-14)21(32)29-9-5-7-17(29)22(33)34/h11-13,15-18H,3-10,23-24H2,1-2H3,(H,25,26)(H,27,31)(H,28,30)(H,33,34). The van der Waals surface area contributed by atoms with E-state index in [2.05, 4.69) is 20.6 Å². The Hall–Kier alpha value is -2.99. The van der Waals surface area contributed by atoms with Gasteiger partial charge in [0.2, 0.25) is 17.7 Å². The highest BCUT2D eigenvalue weighted by Crippen LogP contribution is 2.19. The fourth-order valence-electron chi connectivity index (χ4n) is 4.00. The number of amides is 3. The number of nitrogens with one attached hydrogen (secondary N) is 3. The summed E-state index contributed by atoms with van der Waals surface area (Å²) in [5.41, 5.74) is 12.0. The molecule has 190 valence electrons. The van der Waals surface area contributed by atoms with E-state index in [0.717, 1.165) is 6.42 Å². The lowest BCUT2D eigenvalue weighted by Crippen LogP contribution is -2.59. The molecule has 0 aliphatic carbocycles. The van der Waals surface area contributed by atoms with Gasteiger partial charge in [-0.05, 0) is 38.1 Å². The van der Waals surface area contributed by atoms with E-state index in [1.807, 2.05) is 0 Å². The summed E-state index contributed by atoms with van der Waals surface area (Å²) in [7, 11) is 0. The van der Waals surface area contributed by atoms with Crippen LogP contribution in [0.5, 0.6) is 0 Å². The fraction of sp³-hybridized carbons (Fsp3) is 0.682. The Labute approximate surface area is 199 Å². The van der Waals surface area contributed by atoms with Gasteiger partial charge in [-0.15, -0.1) is 0 Å². The number of carboxylic acid groups (broad SMARTS) is 1. The first-order valence-corrected chi connectivity index (χ1v) is 11.7. The number of nitrogens with two attached hydrogens (primary N) is 2. The number of carbonyl (C=O) groups excluding carboxylic acids is 3. The van der Waals surface area contributed by atoms with E-state index >= 15 is 0 Å². The SMILES string of the molecule is CC(C)C(NC(=O)C(N)CCCCN)C(=O)NC(Cc1cnc[nH]1)C(=O)N1CCCC1C(=O)O. The van der Waals surface area contributed by atoms with Gasteiger partial charge in [-0.2, -0.15) is 0 Å². The molecule has 0 radical (unpaired) electrons. The van der Waals surface area contributed by atoms with Gasteiger partial charge < -0.3 is 37.1 Å². The monoisotopic (exact) mass is 479 g/mol. The van der Waals surface area contributed by atoms with E-state index in [0.29, 0.717) is 44.5 Å². The Morgan fingerprint density at radius 2 is 1.97 bits per heavy atom. The van der Waals surface area contributed by atoms with Crippen LogP contribution in [-0.4, -0.2) is 80.9 Å². The highest BCUT2D eigenvalue weighted by molar-refractivity contribution is 5.94. The molecule has 0 aromatic carbocycles. The van der Waals surface area contributed by atoms with Gasteiger partial charge in [-0.1, -0.05) is 20.3 Å². The van der Waals surface area contributed by atoms with Gasteiger partial charge in [0.05, 0.1) is 12.4 Å². The van der Waals surface area contributed by atoms with Crippen LogP contribution < -0.4 is 22.1 Å². The van der Waals surface area contributed by atoms with E-state index < -0.39 is 47.9 Å². The van der Waals surface area contributed by atoms with Gasteiger partial charge in [0.25, 0.3) is 0 Å². The Bertz CT molecular complexity index is 830. The summed E-state index contributed by atoms with van der Waals surface area (Å²) in [5, 5.41) is 14.9. The number of hydrogen-bond donors (Lipinski definition) is 6. The topological polar surface area (TPSA) is 197 Å². The molecule has 3 amide bonds. The Balaban J connectivity index is 2.14. The minimum atomic E-state index is -1.08. The maximum Gasteiger partial charge on any atom is 0.326 e. The summed E-state index contributed by atoms with van der Waals surface area (Å²) in [6.07, 6.45) is 5.92. The first-order chi connectivity index (χ1) is 16.1. The average molecular weight is 480 g/mol. The number of likely N-dealkylation sites (tertiary alicyclic amines) is 1. The molecule has 1 aliphatic heterocycles. The number of imidazole rings is 1. The lowest BCUT2D eigenvalue weighted by atomic mass is 10.0. The minimum absolute atomic E-state index is 0.102. The van der Waals surface area contributed by atoms with Gasteiger partial charge in [0.15, 0.2) is 0 Å². The Kier molecular flexibility index (Phi) is 10.5. The number of aromatic nitrogens is 2. The van der Waals surface area contributed by atoms with Crippen LogP contribution in [0.3, 0.4) is 0 Å². The van der Waals surface area contributed by atoms with E-state index in [1.165, 1.54) is 17.4 Å². The molecule has 34 heavy (non-hydrogen) atoms. The summed E-state index contributed by atoms with van der Waals surface area (Å²) < 4.78 is 0. The van der Waals surface area contributed by atoms with Gasteiger partial charge in [0, 0.05) is 24.9 Å². The third-order valence-corrected chi connectivity index (χ3v) is 5.97. The average Bonchev–Trinajstić information content (AvgIpc) is 3.48. The largest absolute Gasteiger partial charge is 0.480 e. The molecule has 12 heteroatoms. The minimum Gasteiger partial charge on any atom is -0.480 e. The zero-order chi connectivity index (χ0) is 25.3. The number of carbonyl (C=O) groups is 4. The number of rotatable bonds is 13. The normalized spacial score (nSPS) is 18.4. The number of aromatic amines is 1. The highest BCUT2D eigenvalue weighted by atomic mass is 16.4. The third-order valence-electron chi connectivity index (χ3n) is 5.97. The van der Waals surface area contributed by atoms with E-state index in [1.54, 1.807) is 13.8 Å². The second-order valence-corrected chi connectivity index (χ2v) is 8.99.